The molecule has 0 bridgehead atoms. The Balaban J connectivity index is 1.64. The Morgan fingerprint density at radius 1 is 1.08 bits per heavy atom. The summed E-state index contributed by atoms with van der Waals surface area (Å²) in [4.78, 5) is 3.67. The zero-order chi connectivity index (χ0) is 17.7. The number of rotatable bonds is 5. The molecule has 0 unspecified atom stereocenters. The first-order chi connectivity index (χ1) is 11.9. The van der Waals surface area contributed by atoms with Crippen molar-refractivity contribution >= 4 is 20.9 Å². The molecule has 0 aliphatic heterocycles. The van der Waals surface area contributed by atoms with Crippen LogP contribution < -0.4 is 0 Å². The van der Waals surface area contributed by atoms with Crippen LogP contribution in [-0.4, -0.2) is 31.3 Å². The SMILES string of the molecule is Cc1ccc(S(=O)(=O)N(C)CC2(c3c[nH]c4ccccc34)CC2)cc1. The van der Waals surface area contributed by atoms with Gasteiger partial charge in [0, 0.05) is 36.1 Å². The molecule has 4 nitrogen and oxygen atoms in total. The van der Waals surface area contributed by atoms with E-state index in [1.54, 1.807) is 19.2 Å². The number of fused-ring (bicyclic) bond motifs is 1. The molecule has 130 valence electrons. The lowest BCUT2D eigenvalue weighted by molar-refractivity contribution is 0.428. The number of sulfonamides is 1. The molecule has 1 aromatic heterocycles. The lowest BCUT2D eigenvalue weighted by atomic mass is 9.95. The molecule has 4 rings (SSSR count). The van der Waals surface area contributed by atoms with Crippen LogP contribution in [0.3, 0.4) is 0 Å². The van der Waals surface area contributed by atoms with Crippen molar-refractivity contribution in [2.75, 3.05) is 13.6 Å². The van der Waals surface area contributed by atoms with Gasteiger partial charge < -0.3 is 4.98 Å². The van der Waals surface area contributed by atoms with Crippen molar-refractivity contribution in [1.29, 1.82) is 0 Å². The number of H-pyrrole nitrogens is 1. The molecule has 2 aromatic carbocycles. The monoisotopic (exact) mass is 354 g/mol. The third-order valence-corrected chi connectivity index (χ3v) is 7.09. The minimum atomic E-state index is -3.47. The number of aryl methyl sites for hydroxylation is 1. The van der Waals surface area contributed by atoms with Gasteiger partial charge >= 0.3 is 0 Å². The summed E-state index contributed by atoms with van der Waals surface area (Å²) in [7, 11) is -1.79. The first-order valence-corrected chi connectivity index (χ1v) is 9.96. The van der Waals surface area contributed by atoms with E-state index in [9.17, 15) is 8.42 Å². The fourth-order valence-electron chi connectivity index (χ4n) is 3.58. The Bertz CT molecular complexity index is 1020. The van der Waals surface area contributed by atoms with E-state index in [0.717, 1.165) is 23.9 Å². The summed E-state index contributed by atoms with van der Waals surface area (Å²) < 4.78 is 27.3. The van der Waals surface area contributed by atoms with Gasteiger partial charge in [-0.1, -0.05) is 35.9 Å². The minimum absolute atomic E-state index is 0.0773. The Morgan fingerprint density at radius 3 is 2.44 bits per heavy atom. The zero-order valence-corrected chi connectivity index (χ0v) is 15.3. The van der Waals surface area contributed by atoms with Gasteiger partial charge in [-0.15, -0.1) is 0 Å². The highest BCUT2D eigenvalue weighted by molar-refractivity contribution is 7.89. The van der Waals surface area contributed by atoms with Crippen LogP contribution in [-0.2, 0) is 15.4 Å². The molecular weight excluding hydrogens is 332 g/mol. The second kappa shape index (κ2) is 5.71. The van der Waals surface area contributed by atoms with Gasteiger partial charge in [0.15, 0.2) is 0 Å². The number of aromatic nitrogens is 1. The third kappa shape index (κ3) is 2.77. The lowest BCUT2D eigenvalue weighted by Gasteiger charge is -2.23. The van der Waals surface area contributed by atoms with Gasteiger partial charge in [-0.25, -0.2) is 12.7 Å². The largest absolute Gasteiger partial charge is 0.361 e. The fraction of sp³-hybridized carbons (Fsp3) is 0.300. The third-order valence-electron chi connectivity index (χ3n) is 5.27. The van der Waals surface area contributed by atoms with E-state index in [-0.39, 0.29) is 5.41 Å². The maximum atomic E-state index is 12.9. The van der Waals surface area contributed by atoms with Crippen molar-refractivity contribution in [3.05, 3.63) is 65.9 Å². The maximum Gasteiger partial charge on any atom is 0.242 e. The number of nitrogens with one attached hydrogen (secondary N) is 1. The smallest absolute Gasteiger partial charge is 0.242 e. The van der Waals surface area contributed by atoms with Crippen LogP contribution in [0.1, 0.15) is 24.0 Å². The van der Waals surface area contributed by atoms with Crippen molar-refractivity contribution in [3.8, 4) is 0 Å². The van der Waals surface area contributed by atoms with Crippen LogP contribution in [0, 0.1) is 6.92 Å². The van der Waals surface area contributed by atoms with Crippen molar-refractivity contribution < 1.29 is 8.42 Å². The van der Waals surface area contributed by atoms with E-state index < -0.39 is 10.0 Å². The van der Waals surface area contributed by atoms with Crippen molar-refractivity contribution in [2.45, 2.75) is 30.1 Å². The highest BCUT2D eigenvalue weighted by atomic mass is 32.2. The highest BCUT2D eigenvalue weighted by Gasteiger charge is 2.48. The predicted octanol–water partition coefficient (Wildman–Crippen LogP) is 3.83. The molecule has 0 spiro atoms. The number of para-hydroxylation sites is 1. The molecule has 25 heavy (non-hydrogen) atoms. The lowest BCUT2D eigenvalue weighted by Crippen LogP contribution is -2.34. The molecular formula is C20H22N2O2S. The van der Waals surface area contributed by atoms with Crippen LogP contribution in [0.15, 0.2) is 59.6 Å². The summed E-state index contributed by atoms with van der Waals surface area (Å²) >= 11 is 0. The van der Waals surface area contributed by atoms with Gasteiger partial charge in [-0.2, -0.15) is 0 Å². The molecule has 1 aliphatic carbocycles. The maximum absolute atomic E-state index is 12.9. The summed E-state index contributed by atoms with van der Waals surface area (Å²) in [5.74, 6) is 0. The van der Waals surface area contributed by atoms with Crippen LogP contribution >= 0.6 is 0 Å². The Morgan fingerprint density at radius 2 is 1.76 bits per heavy atom. The summed E-state index contributed by atoms with van der Waals surface area (Å²) in [5.41, 5.74) is 3.31. The van der Waals surface area contributed by atoms with Gasteiger partial charge in [-0.05, 0) is 43.5 Å². The Labute approximate surface area is 148 Å². The van der Waals surface area contributed by atoms with Gasteiger partial charge in [0.2, 0.25) is 10.0 Å². The number of aromatic amines is 1. The van der Waals surface area contributed by atoms with E-state index in [4.69, 9.17) is 0 Å². The topological polar surface area (TPSA) is 53.2 Å². The number of nitrogens with zero attached hydrogens (tertiary/aromatic N) is 1. The van der Waals surface area contributed by atoms with Crippen LogP contribution in [0.4, 0.5) is 0 Å². The summed E-state index contributed by atoms with van der Waals surface area (Å²) in [6.45, 7) is 2.46. The molecule has 0 atom stereocenters. The molecule has 0 amide bonds. The molecule has 1 aliphatic rings. The van der Waals surface area contributed by atoms with Crippen LogP contribution in [0.25, 0.3) is 10.9 Å². The predicted molar refractivity (Wildman–Crippen MR) is 100 cm³/mol. The number of hydrogen-bond donors (Lipinski definition) is 1. The Kier molecular flexibility index (Phi) is 3.74. The highest BCUT2D eigenvalue weighted by Crippen LogP contribution is 2.51. The van der Waals surface area contributed by atoms with Crippen molar-refractivity contribution in [2.24, 2.45) is 0 Å². The molecule has 1 fully saturated rings. The standard InChI is InChI=1S/C20H22N2O2S/c1-15-7-9-16(10-8-15)25(23,24)22(2)14-20(11-12-20)18-13-21-19-6-4-3-5-17(18)19/h3-10,13,21H,11-12,14H2,1-2H3. The van der Waals surface area contributed by atoms with Crippen molar-refractivity contribution in [3.63, 3.8) is 0 Å². The van der Waals surface area contributed by atoms with E-state index >= 15 is 0 Å². The molecule has 3 aromatic rings. The van der Waals surface area contributed by atoms with E-state index in [1.807, 2.05) is 37.4 Å². The first-order valence-electron chi connectivity index (χ1n) is 8.52. The first kappa shape index (κ1) is 16.4. The van der Waals surface area contributed by atoms with E-state index in [0.29, 0.717) is 11.4 Å². The van der Waals surface area contributed by atoms with E-state index in [1.165, 1.54) is 15.3 Å². The zero-order valence-electron chi connectivity index (χ0n) is 14.5. The molecule has 1 N–H and O–H groups in total. The van der Waals surface area contributed by atoms with Crippen LogP contribution in [0.2, 0.25) is 0 Å². The number of hydrogen-bond acceptors (Lipinski definition) is 2. The van der Waals surface area contributed by atoms with Gasteiger partial charge in [0.1, 0.15) is 0 Å². The minimum Gasteiger partial charge on any atom is -0.361 e. The van der Waals surface area contributed by atoms with Gasteiger partial charge in [0.05, 0.1) is 4.90 Å². The number of benzene rings is 2. The van der Waals surface area contributed by atoms with Crippen LogP contribution in [0.5, 0.6) is 0 Å². The second-order valence-corrected chi connectivity index (χ2v) is 9.15. The average molecular weight is 354 g/mol. The summed E-state index contributed by atoms with van der Waals surface area (Å²) in [6.07, 6.45) is 4.08. The van der Waals surface area contributed by atoms with Gasteiger partial charge in [0.25, 0.3) is 0 Å². The van der Waals surface area contributed by atoms with Gasteiger partial charge in [-0.3, -0.25) is 0 Å². The molecule has 1 heterocycles. The summed E-state index contributed by atoms with van der Waals surface area (Å²) in [5, 5.41) is 1.20. The molecule has 0 radical (unpaired) electrons. The quantitative estimate of drug-likeness (QED) is 0.757. The fourth-order valence-corrected chi connectivity index (χ4v) is 4.83. The second-order valence-electron chi connectivity index (χ2n) is 7.10. The summed E-state index contributed by atoms with van der Waals surface area (Å²) in [6, 6.07) is 15.3. The molecule has 5 heteroatoms. The van der Waals surface area contributed by atoms with E-state index in [2.05, 4.69) is 17.1 Å². The molecule has 0 saturated heterocycles. The van der Waals surface area contributed by atoms with Crippen molar-refractivity contribution in [1.82, 2.24) is 9.29 Å². The Hall–Kier alpha value is -2.11. The number of likely N-dealkylation sites (N-methyl/N-ethyl adjacent to an activating group) is 1. The molecule has 1 saturated carbocycles. The normalized spacial score (nSPS) is 16.4. The average Bonchev–Trinajstić information content (AvgIpc) is 3.24.